The average molecular weight is 268 g/mol. The lowest BCUT2D eigenvalue weighted by Crippen LogP contribution is -2.22. The lowest BCUT2D eigenvalue weighted by Gasteiger charge is -2.19. The zero-order chi connectivity index (χ0) is 14.6. The number of carbonyl (C=O) groups excluding carboxylic acids is 1. The van der Waals surface area contributed by atoms with Crippen LogP contribution in [0.4, 0.5) is 0 Å². The Hall–Kier alpha value is -2.16. The van der Waals surface area contributed by atoms with Crippen LogP contribution >= 0.6 is 0 Å². The highest BCUT2D eigenvalue weighted by molar-refractivity contribution is 5.93. The van der Waals surface area contributed by atoms with Crippen LogP contribution in [0.5, 0.6) is 0 Å². The molecule has 3 heteroatoms. The number of pyridine rings is 1. The Balaban J connectivity index is 1.96. The third-order valence-corrected chi connectivity index (χ3v) is 3.22. The molecule has 0 aliphatic rings. The highest BCUT2D eigenvalue weighted by atomic mass is 16.1. The van der Waals surface area contributed by atoms with Crippen LogP contribution in [0.3, 0.4) is 0 Å². The Kier molecular flexibility index (Phi) is 4.18. The van der Waals surface area contributed by atoms with Gasteiger partial charge in [0.2, 0.25) is 0 Å². The molecule has 0 radical (unpaired) electrons. The van der Waals surface area contributed by atoms with Gasteiger partial charge in [0.05, 0.1) is 0 Å². The first-order chi connectivity index (χ1) is 9.47. The summed E-state index contributed by atoms with van der Waals surface area (Å²) in [5.74, 6) is -0.0766. The summed E-state index contributed by atoms with van der Waals surface area (Å²) in [5.41, 5.74) is 3.17. The van der Waals surface area contributed by atoms with Gasteiger partial charge in [0.1, 0.15) is 0 Å². The molecular formula is C17H20N2O. The van der Waals surface area contributed by atoms with Gasteiger partial charge < -0.3 is 5.32 Å². The number of rotatable bonds is 3. The van der Waals surface area contributed by atoms with Gasteiger partial charge in [0.25, 0.3) is 5.91 Å². The van der Waals surface area contributed by atoms with E-state index < -0.39 is 0 Å². The van der Waals surface area contributed by atoms with Gasteiger partial charge in [-0.05, 0) is 28.7 Å². The molecule has 0 bridgehead atoms. The molecule has 0 spiro atoms. The number of hydrogen-bond acceptors (Lipinski definition) is 2. The molecular weight excluding hydrogens is 248 g/mol. The third kappa shape index (κ3) is 3.67. The second-order valence-corrected chi connectivity index (χ2v) is 5.87. The summed E-state index contributed by atoms with van der Waals surface area (Å²) >= 11 is 0. The van der Waals surface area contributed by atoms with Crippen molar-refractivity contribution in [2.75, 3.05) is 0 Å². The zero-order valence-electron chi connectivity index (χ0n) is 12.2. The number of aromatic nitrogens is 1. The van der Waals surface area contributed by atoms with E-state index in [0.29, 0.717) is 12.1 Å². The molecule has 0 unspecified atom stereocenters. The molecule has 2 aromatic rings. The molecule has 0 saturated carbocycles. The highest BCUT2D eigenvalue weighted by Gasteiger charge is 2.12. The summed E-state index contributed by atoms with van der Waals surface area (Å²) in [4.78, 5) is 15.8. The molecule has 1 heterocycles. The van der Waals surface area contributed by atoms with E-state index in [0.717, 1.165) is 5.56 Å². The van der Waals surface area contributed by atoms with E-state index in [1.165, 1.54) is 5.56 Å². The van der Waals surface area contributed by atoms with Crippen molar-refractivity contribution in [3.05, 3.63) is 65.5 Å². The molecule has 1 N–H and O–H groups in total. The van der Waals surface area contributed by atoms with Gasteiger partial charge in [-0.1, -0.05) is 45.0 Å². The number of benzene rings is 1. The standard InChI is InChI=1S/C17H20N2O/c1-17(2,3)15-6-4-13(5-7-15)12-19-16(20)14-8-10-18-11-9-14/h4-11H,12H2,1-3H3,(H,19,20). The molecule has 1 aromatic heterocycles. The Morgan fingerprint density at radius 3 is 2.20 bits per heavy atom. The summed E-state index contributed by atoms with van der Waals surface area (Å²) in [5, 5.41) is 2.91. The van der Waals surface area contributed by atoms with Crippen LogP contribution in [-0.2, 0) is 12.0 Å². The van der Waals surface area contributed by atoms with E-state index in [-0.39, 0.29) is 11.3 Å². The fourth-order valence-corrected chi connectivity index (χ4v) is 1.91. The van der Waals surface area contributed by atoms with E-state index >= 15 is 0 Å². The molecule has 1 aromatic carbocycles. The van der Waals surface area contributed by atoms with Gasteiger partial charge in [-0.25, -0.2) is 0 Å². The van der Waals surface area contributed by atoms with Crippen LogP contribution in [0.1, 0.15) is 42.3 Å². The maximum absolute atomic E-state index is 11.9. The first kappa shape index (κ1) is 14.3. The number of hydrogen-bond donors (Lipinski definition) is 1. The van der Waals surface area contributed by atoms with Gasteiger partial charge in [-0.15, -0.1) is 0 Å². The molecule has 1 amide bonds. The van der Waals surface area contributed by atoms with Crippen molar-refractivity contribution in [2.45, 2.75) is 32.7 Å². The van der Waals surface area contributed by atoms with E-state index in [2.05, 4.69) is 55.3 Å². The average Bonchev–Trinajstić information content (AvgIpc) is 2.45. The summed E-state index contributed by atoms with van der Waals surface area (Å²) < 4.78 is 0. The Morgan fingerprint density at radius 2 is 1.65 bits per heavy atom. The SMILES string of the molecule is CC(C)(C)c1ccc(CNC(=O)c2ccncc2)cc1. The maximum Gasteiger partial charge on any atom is 0.251 e. The zero-order valence-corrected chi connectivity index (χ0v) is 12.2. The molecule has 0 saturated heterocycles. The molecule has 3 nitrogen and oxygen atoms in total. The van der Waals surface area contributed by atoms with Crippen molar-refractivity contribution < 1.29 is 4.79 Å². The summed E-state index contributed by atoms with van der Waals surface area (Å²) in [6.45, 7) is 7.10. The minimum Gasteiger partial charge on any atom is -0.348 e. The minimum absolute atomic E-state index is 0.0766. The normalized spacial score (nSPS) is 11.2. The van der Waals surface area contributed by atoms with Crippen molar-refractivity contribution in [1.82, 2.24) is 10.3 Å². The van der Waals surface area contributed by atoms with E-state index in [4.69, 9.17) is 0 Å². The van der Waals surface area contributed by atoms with Crippen LogP contribution in [0.2, 0.25) is 0 Å². The first-order valence-corrected chi connectivity index (χ1v) is 6.74. The fourth-order valence-electron chi connectivity index (χ4n) is 1.91. The first-order valence-electron chi connectivity index (χ1n) is 6.74. The highest BCUT2D eigenvalue weighted by Crippen LogP contribution is 2.22. The van der Waals surface area contributed by atoms with E-state index in [9.17, 15) is 4.79 Å². The van der Waals surface area contributed by atoms with Crippen LogP contribution in [0.25, 0.3) is 0 Å². The summed E-state index contributed by atoms with van der Waals surface area (Å²) in [6, 6.07) is 11.8. The van der Waals surface area contributed by atoms with Crippen LogP contribution in [0.15, 0.2) is 48.8 Å². The van der Waals surface area contributed by atoms with Crippen molar-refractivity contribution in [3.63, 3.8) is 0 Å². The molecule has 0 fully saturated rings. The van der Waals surface area contributed by atoms with Gasteiger partial charge in [-0.3, -0.25) is 9.78 Å². The quantitative estimate of drug-likeness (QED) is 0.928. The Morgan fingerprint density at radius 1 is 1.05 bits per heavy atom. The molecule has 0 aliphatic heterocycles. The topological polar surface area (TPSA) is 42.0 Å². The van der Waals surface area contributed by atoms with Gasteiger partial charge in [-0.2, -0.15) is 0 Å². The molecule has 0 aliphatic carbocycles. The number of nitrogens with zero attached hydrogens (tertiary/aromatic N) is 1. The van der Waals surface area contributed by atoms with Crippen molar-refractivity contribution in [1.29, 1.82) is 0 Å². The van der Waals surface area contributed by atoms with Gasteiger partial charge in [0.15, 0.2) is 0 Å². The molecule has 2 rings (SSSR count). The van der Waals surface area contributed by atoms with Gasteiger partial charge in [0, 0.05) is 24.5 Å². The minimum atomic E-state index is -0.0766. The number of carbonyl (C=O) groups is 1. The smallest absolute Gasteiger partial charge is 0.251 e. The maximum atomic E-state index is 11.9. The number of amides is 1. The lowest BCUT2D eigenvalue weighted by atomic mass is 9.87. The van der Waals surface area contributed by atoms with Gasteiger partial charge >= 0.3 is 0 Å². The van der Waals surface area contributed by atoms with Crippen LogP contribution < -0.4 is 5.32 Å². The van der Waals surface area contributed by atoms with Crippen molar-refractivity contribution in [2.24, 2.45) is 0 Å². The largest absolute Gasteiger partial charge is 0.348 e. The monoisotopic (exact) mass is 268 g/mol. The third-order valence-electron chi connectivity index (χ3n) is 3.22. The lowest BCUT2D eigenvalue weighted by molar-refractivity contribution is 0.0951. The summed E-state index contributed by atoms with van der Waals surface area (Å²) in [6.07, 6.45) is 3.24. The molecule has 20 heavy (non-hydrogen) atoms. The molecule has 104 valence electrons. The Bertz CT molecular complexity index is 568. The van der Waals surface area contributed by atoms with E-state index in [1.54, 1.807) is 24.5 Å². The second-order valence-electron chi connectivity index (χ2n) is 5.87. The second kappa shape index (κ2) is 5.87. The predicted octanol–water partition coefficient (Wildman–Crippen LogP) is 3.31. The predicted molar refractivity (Wildman–Crippen MR) is 80.5 cm³/mol. The van der Waals surface area contributed by atoms with Crippen LogP contribution in [-0.4, -0.2) is 10.9 Å². The fraction of sp³-hybridized carbons (Fsp3) is 0.294. The van der Waals surface area contributed by atoms with E-state index in [1.807, 2.05) is 0 Å². The Labute approximate surface area is 120 Å². The summed E-state index contributed by atoms with van der Waals surface area (Å²) in [7, 11) is 0. The molecule has 0 atom stereocenters. The van der Waals surface area contributed by atoms with Crippen molar-refractivity contribution in [3.8, 4) is 0 Å². The van der Waals surface area contributed by atoms with Crippen LogP contribution in [0, 0.1) is 0 Å². The van der Waals surface area contributed by atoms with Crippen molar-refractivity contribution >= 4 is 5.91 Å². The number of nitrogens with one attached hydrogen (secondary N) is 1.